The Kier molecular flexibility index (Phi) is 4.29. The van der Waals surface area contributed by atoms with Crippen LogP contribution in [0, 0.1) is 12.3 Å². The van der Waals surface area contributed by atoms with Crippen LogP contribution in [0.1, 0.15) is 24.0 Å². The first-order chi connectivity index (χ1) is 12.0. The smallest absolute Gasteiger partial charge is 0.322 e. The summed E-state index contributed by atoms with van der Waals surface area (Å²) >= 11 is 5.88. The molecule has 1 amide bonds. The van der Waals surface area contributed by atoms with Gasteiger partial charge in [0.25, 0.3) is 0 Å². The minimum absolute atomic E-state index is 0.0687. The molecule has 3 heterocycles. The molecule has 1 atom stereocenters. The maximum Gasteiger partial charge on any atom is 0.344 e. The number of hydrogen-bond donors (Lipinski definition) is 0. The lowest BCUT2D eigenvalue weighted by molar-refractivity contribution is 0.196. The van der Waals surface area contributed by atoms with Gasteiger partial charge in [-0.25, -0.2) is 4.79 Å². The number of aryl methyl sites for hydroxylation is 1. The van der Waals surface area contributed by atoms with E-state index in [4.69, 9.17) is 11.6 Å². The number of aromatic nitrogens is 2. The quantitative estimate of drug-likeness (QED) is 0.826. The van der Waals surface area contributed by atoms with Gasteiger partial charge in [-0.2, -0.15) is 9.78 Å². The minimum atomic E-state index is -0.0687. The monoisotopic (exact) mass is 358 g/mol. The molecule has 0 N–H and O–H groups in total. The van der Waals surface area contributed by atoms with E-state index in [-0.39, 0.29) is 11.4 Å². The molecule has 6 heteroatoms. The average Bonchev–Trinajstić information content (AvgIpc) is 3.31. The van der Waals surface area contributed by atoms with Crippen LogP contribution in [0.3, 0.4) is 0 Å². The normalized spacial score (nSPS) is 23.7. The Labute approximate surface area is 153 Å². The zero-order valence-electron chi connectivity index (χ0n) is 14.5. The molecular weight excluding hydrogens is 336 g/mol. The topological polar surface area (TPSA) is 41.4 Å². The van der Waals surface area contributed by atoms with Crippen molar-refractivity contribution in [1.29, 1.82) is 0 Å². The van der Waals surface area contributed by atoms with Crippen molar-refractivity contribution in [2.45, 2.75) is 26.3 Å². The van der Waals surface area contributed by atoms with E-state index in [9.17, 15) is 4.79 Å². The number of carbonyl (C=O) groups is 1. The van der Waals surface area contributed by atoms with Crippen LogP contribution < -0.4 is 0 Å². The van der Waals surface area contributed by atoms with Gasteiger partial charge in [-0.3, -0.25) is 4.90 Å². The van der Waals surface area contributed by atoms with Crippen molar-refractivity contribution >= 4 is 17.6 Å². The standard InChI is InChI=1S/C19H23ClN4O/c1-15-2-4-16(5-3-15)11-22-8-6-19(13-22)7-9-23(14-19)18(25)24-12-17(20)10-21-24/h2-5,10,12H,6-9,11,13-14H2,1H3. The van der Waals surface area contributed by atoms with Crippen molar-refractivity contribution in [2.75, 3.05) is 26.2 Å². The SMILES string of the molecule is Cc1ccc(CN2CCC3(CCN(C(=O)n4cc(Cl)cn4)C3)C2)cc1. The van der Waals surface area contributed by atoms with E-state index in [1.165, 1.54) is 22.0 Å². The van der Waals surface area contributed by atoms with Gasteiger partial charge in [0.2, 0.25) is 0 Å². The molecule has 2 fully saturated rings. The zero-order valence-corrected chi connectivity index (χ0v) is 15.2. The second kappa shape index (κ2) is 6.46. The Balaban J connectivity index is 1.38. The number of hydrogen-bond acceptors (Lipinski definition) is 3. The molecule has 132 valence electrons. The van der Waals surface area contributed by atoms with Gasteiger partial charge in [0.05, 0.1) is 17.4 Å². The summed E-state index contributed by atoms with van der Waals surface area (Å²) in [4.78, 5) is 17.0. The first kappa shape index (κ1) is 16.6. The van der Waals surface area contributed by atoms with E-state index < -0.39 is 0 Å². The highest BCUT2D eigenvalue weighted by molar-refractivity contribution is 6.30. The number of benzene rings is 1. The van der Waals surface area contributed by atoms with Crippen LogP contribution in [0.5, 0.6) is 0 Å². The van der Waals surface area contributed by atoms with Crippen LogP contribution >= 0.6 is 11.6 Å². The maximum absolute atomic E-state index is 12.6. The Morgan fingerprint density at radius 2 is 1.96 bits per heavy atom. The van der Waals surface area contributed by atoms with E-state index in [0.717, 1.165) is 45.6 Å². The summed E-state index contributed by atoms with van der Waals surface area (Å²) in [7, 11) is 0. The van der Waals surface area contributed by atoms with Crippen molar-refractivity contribution in [3.05, 3.63) is 52.8 Å². The van der Waals surface area contributed by atoms with Gasteiger partial charge in [-0.1, -0.05) is 41.4 Å². The summed E-state index contributed by atoms with van der Waals surface area (Å²) in [6.45, 7) is 6.88. The molecule has 2 aromatic rings. The number of carbonyl (C=O) groups excluding carboxylic acids is 1. The number of nitrogens with zero attached hydrogens (tertiary/aromatic N) is 4. The lowest BCUT2D eigenvalue weighted by atomic mass is 9.86. The van der Waals surface area contributed by atoms with E-state index >= 15 is 0 Å². The van der Waals surface area contributed by atoms with Gasteiger partial charge in [0, 0.05) is 31.6 Å². The van der Waals surface area contributed by atoms with E-state index in [1.54, 1.807) is 6.20 Å². The Morgan fingerprint density at radius 3 is 2.68 bits per heavy atom. The third-order valence-electron chi connectivity index (χ3n) is 5.50. The summed E-state index contributed by atoms with van der Waals surface area (Å²) in [5.74, 6) is 0. The molecule has 2 aliphatic rings. The minimum Gasteiger partial charge on any atom is -0.322 e. The molecular formula is C19H23ClN4O. The fourth-order valence-corrected chi connectivity index (χ4v) is 4.23. The van der Waals surface area contributed by atoms with Crippen molar-refractivity contribution in [1.82, 2.24) is 19.6 Å². The third kappa shape index (κ3) is 3.44. The number of likely N-dealkylation sites (tertiary alicyclic amines) is 2. The fourth-order valence-electron chi connectivity index (χ4n) is 4.10. The van der Waals surface area contributed by atoms with Crippen LogP contribution in [0.2, 0.25) is 5.02 Å². The second-order valence-corrected chi connectivity index (χ2v) is 7.94. The molecule has 0 bridgehead atoms. The Hall–Kier alpha value is -1.85. The first-order valence-corrected chi connectivity index (χ1v) is 9.18. The summed E-state index contributed by atoms with van der Waals surface area (Å²) in [5, 5.41) is 4.53. The van der Waals surface area contributed by atoms with Crippen LogP contribution in [0.15, 0.2) is 36.7 Å². The first-order valence-electron chi connectivity index (χ1n) is 8.80. The van der Waals surface area contributed by atoms with Crippen molar-refractivity contribution in [2.24, 2.45) is 5.41 Å². The maximum atomic E-state index is 12.6. The molecule has 25 heavy (non-hydrogen) atoms. The van der Waals surface area contributed by atoms with Crippen LogP contribution in [-0.4, -0.2) is 51.8 Å². The predicted molar refractivity (Wildman–Crippen MR) is 97.7 cm³/mol. The molecule has 2 saturated heterocycles. The Bertz CT molecular complexity index is 772. The Morgan fingerprint density at radius 1 is 1.20 bits per heavy atom. The van der Waals surface area contributed by atoms with Crippen LogP contribution in [0.4, 0.5) is 4.79 Å². The molecule has 0 radical (unpaired) electrons. The molecule has 1 aromatic heterocycles. The zero-order chi connectivity index (χ0) is 17.4. The molecule has 1 spiro atoms. The van der Waals surface area contributed by atoms with Crippen molar-refractivity contribution < 1.29 is 4.79 Å². The highest BCUT2D eigenvalue weighted by Crippen LogP contribution is 2.40. The van der Waals surface area contributed by atoms with Crippen molar-refractivity contribution in [3.8, 4) is 0 Å². The lowest BCUT2D eigenvalue weighted by Crippen LogP contribution is -2.36. The molecule has 2 aliphatic heterocycles. The van der Waals surface area contributed by atoms with E-state index in [0.29, 0.717) is 5.02 Å². The summed E-state index contributed by atoms with van der Waals surface area (Å²) in [6, 6.07) is 8.71. The summed E-state index contributed by atoms with van der Waals surface area (Å²) in [6.07, 6.45) is 5.30. The van der Waals surface area contributed by atoms with Gasteiger partial charge in [-0.15, -0.1) is 0 Å². The fraction of sp³-hybridized carbons (Fsp3) is 0.474. The predicted octanol–water partition coefficient (Wildman–Crippen LogP) is 3.41. The van der Waals surface area contributed by atoms with E-state index in [2.05, 4.69) is 41.2 Å². The molecule has 0 saturated carbocycles. The molecule has 4 rings (SSSR count). The molecule has 1 unspecified atom stereocenters. The number of amides is 1. The van der Waals surface area contributed by atoms with E-state index in [1.807, 2.05) is 4.90 Å². The van der Waals surface area contributed by atoms with Crippen LogP contribution in [0.25, 0.3) is 0 Å². The molecule has 0 aliphatic carbocycles. The molecule has 1 aromatic carbocycles. The van der Waals surface area contributed by atoms with Gasteiger partial charge in [0.1, 0.15) is 0 Å². The van der Waals surface area contributed by atoms with Gasteiger partial charge in [0.15, 0.2) is 0 Å². The number of rotatable bonds is 2. The summed E-state index contributed by atoms with van der Waals surface area (Å²) in [5.41, 5.74) is 2.89. The largest absolute Gasteiger partial charge is 0.344 e. The van der Waals surface area contributed by atoms with Crippen LogP contribution in [-0.2, 0) is 6.54 Å². The van der Waals surface area contributed by atoms with Gasteiger partial charge >= 0.3 is 6.03 Å². The second-order valence-electron chi connectivity index (χ2n) is 7.50. The average molecular weight is 359 g/mol. The molecule has 5 nitrogen and oxygen atoms in total. The lowest BCUT2D eigenvalue weighted by Gasteiger charge is -2.24. The summed E-state index contributed by atoms with van der Waals surface area (Å²) < 4.78 is 1.35. The third-order valence-corrected chi connectivity index (χ3v) is 5.70. The number of halogens is 1. The highest BCUT2D eigenvalue weighted by atomic mass is 35.5. The van der Waals surface area contributed by atoms with Gasteiger partial charge < -0.3 is 4.90 Å². The van der Waals surface area contributed by atoms with Crippen molar-refractivity contribution in [3.63, 3.8) is 0 Å². The van der Waals surface area contributed by atoms with Gasteiger partial charge in [-0.05, 0) is 31.9 Å². The highest BCUT2D eigenvalue weighted by Gasteiger charge is 2.44.